The lowest BCUT2D eigenvalue weighted by Gasteiger charge is -2.34. The maximum Gasteiger partial charge on any atom is 0.149 e. The Balaban J connectivity index is 2.47. The van der Waals surface area contributed by atoms with Gasteiger partial charge in [0, 0.05) is 6.54 Å². The summed E-state index contributed by atoms with van der Waals surface area (Å²) in [5, 5.41) is 12.4. The van der Waals surface area contributed by atoms with Crippen LogP contribution in [0.2, 0.25) is 0 Å². The minimum atomic E-state index is -1.44. The number of halogens is 1. The van der Waals surface area contributed by atoms with Gasteiger partial charge in [0.1, 0.15) is 5.67 Å². The Hall–Kier alpha value is -0.410. The van der Waals surface area contributed by atoms with Crippen LogP contribution in [0.3, 0.4) is 0 Å². The van der Waals surface area contributed by atoms with Gasteiger partial charge in [-0.2, -0.15) is 0 Å². The lowest BCUT2D eigenvalue weighted by atomic mass is 9.88. The molecule has 0 aromatic rings. The maximum atomic E-state index is 13.8. The molecule has 1 heterocycles. The van der Waals surface area contributed by atoms with Gasteiger partial charge in [-0.15, -0.1) is 6.58 Å². The van der Waals surface area contributed by atoms with Gasteiger partial charge in [-0.1, -0.05) is 6.08 Å². The number of nitrogens with one attached hydrogen (secondary N) is 1. The number of hydrogen-bond donors (Lipinski definition) is 2. The molecule has 12 heavy (non-hydrogen) atoms. The molecule has 1 fully saturated rings. The molecular formula is C9H16FNO. The van der Waals surface area contributed by atoms with Crippen LogP contribution < -0.4 is 5.32 Å². The van der Waals surface area contributed by atoms with Gasteiger partial charge in [0.2, 0.25) is 0 Å². The minimum Gasteiger partial charge on any atom is -0.390 e. The van der Waals surface area contributed by atoms with E-state index >= 15 is 0 Å². The monoisotopic (exact) mass is 173 g/mol. The molecule has 2 N–H and O–H groups in total. The van der Waals surface area contributed by atoms with E-state index in [0.29, 0.717) is 25.8 Å². The molecule has 0 aromatic heterocycles. The summed E-state index contributed by atoms with van der Waals surface area (Å²) in [5.41, 5.74) is -1.44. The zero-order valence-corrected chi connectivity index (χ0v) is 7.22. The normalized spacial score (nSPS) is 36.3. The molecule has 0 radical (unpaired) electrons. The zero-order valence-electron chi connectivity index (χ0n) is 7.22. The first-order chi connectivity index (χ1) is 5.69. The summed E-state index contributed by atoms with van der Waals surface area (Å²) in [5.74, 6) is 0. The largest absolute Gasteiger partial charge is 0.390 e. The minimum absolute atomic E-state index is 0.266. The Morgan fingerprint density at radius 2 is 2.50 bits per heavy atom. The van der Waals surface area contributed by atoms with Crippen molar-refractivity contribution in [1.29, 1.82) is 0 Å². The van der Waals surface area contributed by atoms with E-state index in [9.17, 15) is 9.50 Å². The second-order valence-corrected chi connectivity index (χ2v) is 3.34. The van der Waals surface area contributed by atoms with E-state index in [1.165, 1.54) is 0 Å². The Morgan fingerprint density at radius 1 is 1.75 bits per heavy atom. The van der Waals surface area contributed by atoms with Gasteiger partial charge in [-0.3, -0.25) is 0 Å². The van der Waals surface area contributed by atoms with Crippen molar-refractivity contribution >= 4 is 0 Å². The van der Waals surface area contributed by atoms with Crippen LogP contribution in [0.1, 0.15) is 19.3 Å². The van der Waals surface area contributed by atoms with E-state index in [1.54, 1.807) is 6.08 Å². The Labute approximate surface area is 72.5 Å². The molecule has 2 atom stereocenters. The third kappa shape index (κ3) is 2.05. The molecule has 70 valence electrons. The second-order valence-electron chi connectivity index (χ2n) is 3.34. The number of hydrogen-bond acceptors (Lipinski definition) is 2. The molecule has 0 spiro atoms. The third-order valence-electron chi connectivity index (χ3n) is 2.37. The molecule has 3 heteroatoms. The van der Waals surface area contributed by atoms with Gasteiger partial charge in [0.15, 0.2) is 0 Å². The van der Waals surface area contributed by atoms with Crippen LogP contribution in [-0.2, 0) is 0 Å². The lowest BCUT2D eigenvalue weighted by molar-refractivity contribution is -0.0340. The predicted molar refractivity (Wildman–Crippen MR) is 46.8 cm³/mol. The highest BCUT2D eigenvalue weighted by Gasteiger charge is 2.39. The quantitative estimate of drug-likeness (QED) is 0.624. The SMILES string of the molecule is C=CCCC1(F)CNCCC1O. The Bertz CT molecular complexity index is 163. The fourth-order valence-electron chi connectivity index (χ4n) is 1.51. The summed E-state index contributed by atoms with van der Waals surface area (Å²) in [6.07, 6.45) is 2.37. The standard InChI is InChI=1S/C9H16FNO/c1-2-3-5-9(10)7-11-6-4-8(9)12/h2,8,11-12H,1,3-7H2. The summed E-state index contributed by atoms with van der Waals surface area (Å²) < 4.78 is 13.8. The number of alkyl halides is 1. The Kier molecular flexibility index (Phi) is 3.23. The molecule has 2 nitrogen and oxygen atoms in total. The lowest BCUT2D eigenvalue weighted by Crippen LogP contribution is -2.52. The van der Waals surface area contributed by atoms with Crippen molar-refractivity contribution in [2.24, 2.45) is 0 Å². The second kappa shape index (κ2) is 4.01. The summed E-state index contributed by atoms with van der Waals surface area (Å²) in [7, 11) is 0. The summed E-state index contributed by atoms with van der Waals surface area (Å²) in [6.45, 7) is 4.51. The van der Waals surface area contributed by atoms with Crippen molar-refractivity contribution < 1.29 is 9.50 Å². The van der Waals surface area contributed by atoms with Gasteiger partial charge < -0.3 is 10.4 Å². The summed E-state index contributed by atoms with van der Waals surface area (Å²) in [6, 6.07) is 0. The molecule has 1 aliphatic rings. The van der Waals surface area contributed by atoms with E-state index in [0.717, 1.165) is 0 Å². The molecular weight excluding hydrogens is 157 g/mol. The van der Waals surface area contributed by atoms with Crippen molar-refractivity contribution in [3.63, 3.8) is 0 Å². The maximum absolute atomic E-state index is 13.8. The van der Waals surface area contributed by atoms with Crippen LogP contribution in [0.25, 0.3) is 0 Å². The highest BCUT2D eigenvalue weighted by molar-refractivity contribution is 4.94. The van der Waals surface area contributed by atoms with Crippen LogP contribution in [0, 0.1) is 0 Å². The smallest absolute Gasteiger partial charge is 0.149 e. The van der Waals surface area contributed by atoms with Crippen LogP contribution in [0.15, 0.2) is 12.7 Å². The fourth-order valence-corrected chi connectivity index (χ4v) is 1.51. The van der Waals surface area contributed by atoms with E-state index in [2.05, 4.69) is 11.9 Å². The van der Waals surface area contributed by atoms with Crippen molar-refractivity contribution in [1.82, 2.24) is 5.32 Å². The molecule has 1 saturated heterocycles. The van der Waals surface area contributed by atoms with E-state index in [-0.39, 0.29) is 6.54 Å². The van der Waals surface area contributed by atoms with E-state index in [4.69, 9.17) is 0 Å². The summed E-state index contributed by atoms with van der Waals surface area (Å²) >= 11 is 0. The predicted octanol–water partition coefficient (Wildman–Crippen LogP) is 1.02. The first-order valence-electron chi connectivity index (χ1n) is 4.37. The van der Waals surface area contributed by atoms with E-state index < -0.39 is 11.8 Å². The first-order valence-corrected chi connectivity index (χ1v) is 4.37. The number of allylic oxidation sites excluding steroid dienone is 1. The Morgan fingerprint density at radius 3 is 3.08 bits per heavy atom. The van der Waals surface area contributed by atoms with Crippen LogP contribution >= 0.6 is 0 Å². The van der Waals surface area contributed by atoms with Crippen LogP contribution in [0.5, 0.6) is 0 Å². The van der Waals surface area contributed by atoms with Gasteiger partial charge in [-0.25, -0.2) is 4.39 Å². The van der Waals surface area contributed by atoms with E-state index in [1.807, 2.05) is 0 Å². The van der Waals surface area contributed by atoms with Crippen molar-refractivity contribution in [3.8, 4) is 0 Å². The molecule has 0 aromatic carbocycles. The van der Waals surface area contributed by atoms with Gasteiger partial charge >= 0.3 is 0 Å². The average Bonchev–Trinajstić information content (AvgIpc) is 2.07. The van der Waals surface area contributed by atoms with Crippen molar-refractivity contribution in [3.05, 3.63) is 12.7 Å². The molecule has 1 aliphatic heterocycles. The molecule has 0 saturated carbocycles. The highest BCUT2D eigenvalue weighted by atomic mass is 19.1. The molecule has 0 bridgehead atoms. The van der Waals surface area contributed by atoms with Gasteiger partial charge in [0.25, 0.3) is 0 Å². The number of rotatable bonds is 3. The summed E-state index contributed by atoms with van der Waals surface area (Å²) in [4.78, 5) is 0. The molecule has 1 rings (SSSR count). The average molecular weight is 173 g/mol. The molecule has 0 aliphatic carbocycles. The van der Waals surface area contributed by atoms with Gasteiger partial charge in [0.05, 0.1) is 6.10 Å². The van der Waals surface area contributed by atoms with Crippen molar-refractivity contribution in [2.45, 2.75) is 31.0 Å². The van der Waals surface area contributed by atoms with Gasteiger partial charge in [-0.05, 0) is 25.8 Å². The zero-order chi connectivity index (χ0) is 9.03. The molecule has 0 amide bonds. The molecule has 2 unspecified atom stereocenters. The first kappa shape index (κ1) is 9.68. The highest BCUT2D eigenvalue weighted by Crippen LogP contribution is 2.26. The number of aliphatic hydroxyl groups is 1. The number of aliphatic hydroxyl groups excluding tert-OH is 1. The topological polar surface area (TPSA) is 32.3 Å². The van der Waals surface area contributed by atoms with Crippen LogP contribution in [-0.4, -0.2) is 30.0 Å². The number of piperidine rings is 1. The third-order valence-corrected chi connectivity index (χ3v) is 2.37. The van der Waals surface area contributed by atoms with Crippen LogP contribution in [0.4, 0.5) is 4.39 Å². The van der Waals surface area contributed by atoms with Crippen molar-refractivity contribution in [2.75, 3.05) is 13.1 Å². The fraction of sp³-hybridized carbons (Fsp3) is 0.778.